The van der Waals surface area contributed by atoms with Crippen molar-refractivity contribution in [3.63, 3.8) is 0 Å². The fourth-order valence-electron chi connectivity index (χ4n) is 4.06. The Morgan fingerprint density at radius 3 is 2.71 bits per heavy atom. The molecule has 6 nitrogen and oxygen atoms in total. The third kappa shape index (κ3) is 4.73. The number of fused-ring (bicyclic) bond motifs is 3. The third-order valence-corrected chi connectivity index (χ3v) is 8.78. The van der Waals surface area contributed by atoms with Crippen molar-refractivity contribution in [2.75, 3.05) is 5.75 Å². The van der Waals surface area contributed by atoms with Crippen molar-refractivity contribution in [2.24, 2.45) is 5.10 Å². The van der Waals surface area contributed by atoms with Crippen LogP contribution in [0.2, 0.25) is 0 Å². The Morgan fingerprint density at radius 1 is 1.15 bits per heavy atom. The van der Waals surface area contributed by atoms with E-state index in [2.05, 4.69) is 10.5 Å². The number of carbonyl (C=O) groups is 1. The predicted octanol–water partition coefficient (Wildman–Crippen LogP) is 5.25. The second-order valence-corrected chi connectivity index (χ2v) is 11.6. The summed E-state index contributed by atoms with van der Waals surface area (Å²) in [4.78, 5) is 35.3. The summed E-state index contributed by atoms with van der Waals surface area (Å²) in [5, 5.41) is 5.32. The monoisotopic (exact) mass is 508 g/mol. The Balaban J connectivity index is 1.45. The molecule has 0 fully saturated rings. The van der Waals surface area contributed by atoms with Gasteiger partial charge in [0.2, 0.25) is 0 Å². The number of thioether (sulfide) groups is 1. The summed E-state index contributed by atoms with van der Waals surface area (Å²) < 4.78 is 1.65. The smallest absolute Gasteiger partial charge is 0.267 e. The number of aryl methyl sites for hydroxylation is 4. The van der Waals surface area contributed by atoms with Crippen LogP contribution in [-0.4, -0.2) is 27.4 Å². The van der Waals surface area contributed by atoms with Crippen LogP contribution < -0.4 is 11.0 Å². The summed E-state index contributed by atoms with van der Waals surface area (Å²) in [6.07, 6.45) is 5.83. The molecule has 0 spiro atoms. The maximum atomic E-state index is 13.7. The van der Waals surface area contributed by atoms with Crippen LogP contribution in [0.25, 0.3) is 15.9 Å². The zero-order chi connectivity index (χ0) is 23.7. The van der Waals surface area contributed by atoms with Gasteiger partial charge < -0.3 is 0 Å². The number of benzene rings is 1. The van der Waals surface area contributed by atoms with E-state index in [1.807, 2.05) is 50.2 Å². The zero-order valence-electron chi connectivity index (χ0n) is 19.0. The van der Waals surface area contributed by atoms with E-state index in [9.17, 15) is 9.59 Å². The molecule has 34 heavy (non-hydrogen) atoms. The number of hydrogen-bond donors (Lipinski definition) is 1. The van der Waals surface area contributed by atoms with Gasteiger partial charge in [-0.05, 0) is 69.4 Å². The van der Waals surface area contributed by atoms with Gasteiger partial charge in [0.1, 0.15) is 4.83 Å². The van der Waals surface area contributed by atoms with Gasteiger partial charge in [-0.25, -0.2) is 10.4 Å². The minimum Gasteiger partial charge on any atom is -0.272 e. The summed E-state index contributed by atoms with van der Waals surface area (Å²) >= 11 is 4.49. The number of nitrogens with zero attached hydrogens (tertiary/aromatic N) is 3. The predicted molar refractivity (Wildman–Crippen MR) is 142 cm³/mol. The average molecular weight is 509 g/mol. The number of thiophene rings is 2. The molecular weight excluding hydrogens is 485 g/mol. The number of aromatic nitrogens is 2. The van der Waals surface area contributed by atoms with E-state index in [0.717, 1.165) is 57.6 Å². The summed E-state index contributed by atoms with van der Waals surface area (Å²) in [5.41, 5.74) is 5.56. The Bertz CT molecular complexity index is 1450. The number of nitrogens with one attached hydrogen (secondary N) is 1. The minimum absolute atomic E-state index is 0.0535. The molecule has 1 aliphatic rings. The van der Waals surface area contributed by atoms with Crippen LogP contribution in [0, 0.1) is 13.8 Å². The molecule has 0 saturated heterocycles. The minimum atomic E-state index is -0.246. The molecule has 0 atom stereocenters. The Morgan fingerprint density at radius 2 is 1.94 bits per heavy atom. The molecular formula is C25H24N4O2S3. The van der Waals surface area contributed by atoms with Crippen LogP contribution in [0.4, 0.5) is 0 Å². The highest BCUT2D eigenvalue weighted by Crippen LogP contribution is 2.35. The fraction of sp³-hybridized carbons (Fsp3) is 0.280. The maximum absolute atomic E-state index is 13.7. The van der Waals surface area contributed by atoms with Gasteiger partial charge in [0.05, 0.1) is 23.0 Å². The quantitative estimate of drug-likeness (QED) is 0.167. The molecule has 3 aromatic heterocycles. The molecule has 174 valence electrons. The normalized spacial score (nSPS) is 13.5. The molecule has 1 aliphatic carbocycles. The van der Waals surface area contributed by atoms with E-state index < -0.39 is 0 Å². The highest BCUT2D eigenvalue weighted by atomic mass is 32.2. The summed E-state index contributed by atoms with van der Waals surface area (Å²) in [6, 6.07) is 11.8. The van der Waals surface area contributed by atoms with Crippen molar-refractivity contribution in [1.82, 2.24) is 15.0 Å². The van der Waals surface area contributed by atoms with E-state index in [4.69, 9.17) is 4.98 Å². The van der Waals surface area contributed by atoms with E-state index in [-0.39, 0.29) is 17.2 Å². The summed E-state index contributed by atoms with van der Waals surface area (Å²) in [6.45, 7) is 4.04. The second-order valence-electron chi connectivity index (χ2n) is 8.29. The molecule has 0 bridgehead atoms. The number of rotatable bonds is 6. The van der Waals surface area contributed by atoms with E-state index in [0.29, 0.717) is 5.16 Å². The van der Waals surface area contributed by atoms with Crippen molar-refractivity contribution in [1.29, 1.82) is 0 Å². The molecule has 3 heterocycles. The average Bonchev–Trinajstić information content (AvgIpc) is 3.41. The Labute approximate surface area is 209 Å². The van der Waals surface area contributed by atoms with Crippen LogP contribution in [0.5, 0.6) is 0 Å². The molecule has 5 rings (SSSR count). The summed E-state index contributed by atoms with van der Waals surface area (Å²) in [5.74, 6) is -0.139. The lowest BCUT2D eigenvalue weighted by atomic mass is 9.97. The van der Waals surface area contributed by atoms with Crippen molar-refractivity contribution in [2.45, 2.75) is 44.7 Å². The van der Waals surface area contributed by atoms with Gasteiger partial charge in [-0.15, -0.1) is 22.7 Å². The molecule has 0 aliphatic heterocycles. The largest absolute Gasteiger partial charge is 0.272 e. The molecule has 0 unspecified atom stereocenters. The van der Waals surface area contributed by atoms with E-state index in [1.54, 1.807) is 33.5 Å². The molecule has 0 saturated carbocycles. The first-order chi connectivity index (χ1) is 16.5. The maximum Gasteiger partial charge on any atom is 0.267 e. The number of amides is 1. The number of hydrogen-bond acceptors (Lipinski definition) is 7. The molecule has 4 aromatic rings. The standard InChI is InChI=1S/C25H24N4O2S3/c1-15-7-10-17(11-8-15)29-24(31)22-19-5-3-4-6-20(19)34-23(22)27-25(29)32-14-21(30)28-26-13-18-12-9-16(2)33-18/h7-13H,3-6,14H2,1-2H3,(H,28,30)/b26-13+. The van der Waals surface area contributed by atoms with Gasteiger partial charge in [0.25, 0.3) is 11.5 Å². The highest BCUT2D eigenvalue weighted by molar-refractivity contribution is 7.99. The van der Waals surface area contributed by atoms with Crippen molar-refractivity contribution >= 4 is 56.8 Å². The van der Waals surface area contributed by atoms with Crippen molar-refractivity contribution in [3.8, 4) is 5.69 Å². The van der Waals surface area contributed by atoms with Crippen LogP contribution >= 0.6 is 34.4 Å². The lowest BCUT2D eigenvalue weighted by Crippen LogP contribution is -2.24. The number of carbonyl (C=O) groups excluding carboxylic acids is 1. The van der Waals surface area contributed by atoms with Gasteiger partial charge >= 0.3 is 0 Å². The second kappa shape index (κ2) is 9.85. The van der Waals surface area contributed by atoms with Gasteiger partial charge in [-0.3, -0.25) is 14.2 Å². The first kappa shape index (κ1) is 23.0. The van der Waals surface area contributed by atoms with Crippen molar-refractivity contribution < 1.29 is 4.79 Å². The SMILES string of the molecule is Cc1ccc(-n2c(SCC(=O)N/N=C/c3ccc(C)s3)nc3sc4c(c3c2=O)CCCC4)cc1. The summed E-state index contributed by atoms with van der Waals surface area (Å²) in [7, 11) is 0. The van der Waals surface area contributed by atoms with Crippen LogP contribution in [0.15, 0.2) is 51.5 Å². The third-order valence-electron chi connectivity index (χ3n) is 5.72. The van der Waals surface area contributed by atoms with Crippen LogP contribution in [0.3, 0.4) is 0 Å². The first-order valence-electron chi connectivity index (χ1n) is 11.1. The lowest BCUT2D eigenvalue weighted by molar-refractivity contribution is -0.118. The highest BCUT2D eigenvalue weighted by Gasteiger charge is 2.23. The Hall–Kier alpha value is -2.75. The molecule has 1 amide bonds. The topological polar surface area (TPSA) is 76.3 Å². The fourth-order valence-corrected chi connectivity index (χ4v) is 6.91. The van der Waals surface area contributed by atoms with Gasteiger partial charge in [0, 0.05) is 14.6 Å². The van der Waals surface area contributed by atoms with Crippen LogP contribution in [-0.2, 0) is 17.6 Å². The van der Waals surface area contributed by atoms with E-state index in [1.165, 1.54) is 21.5 Å². The molecule has 1 aromatic carbocycles. The van der Waals surface area contributed by atoms with Gasteiger partial charge in [-0.1, -0.05) is 29.5 Å². The van der Waals surface area contributed by atoms with Crippen molar-refractivity contribution in [3.05, 3.63) is 72.5 Å². The Kier molecular flexibility index (Phi) is 6.67. The number of hydrazone groups is 1. The van der Waals surface area contributed by atoms with E-state index >= 15 is 0 Å². The molecule has 1 N–H and O–H groups in total. The van der Waals surface area contributed by atoms with Gasteiger partial charge in [-0.2, -0.15) is 5.10 Å². The molecule has 0 radical (unpaired) electrons. The molecule has 9 heteroatoms. The zero-order valence-corrected chi connectivity index (χ0v) is 21.4. The first-order valence-corrected chi connectivity index (χ1v) is 13.8. The van der Waals surface area contributed by atoms with Gasteiger partial charge in [0.15, 0.2) is 5.16 Å². The van der Waals surface area contributed by atoms with Crippen LogP contribution in [0.1, 0.15) is 38.6 Å². The lowest BCUT2D eigenvalue weighted by Gasteiger charge is -2.13.